The number of anilines is 1. The summed E-state index contributed by atoms with van der Waals surface area (Å²) >= 11 is 0. The number of hydrogen-bond acceptors (Lipinski definition) is 4. The smallest absolute Gasteiger partial charge is 0.300 e. The van der Waals surface area contributed by atoms with E-state index < -0.39 is 17.7 Å². The van der Waals surface area contributed by atoms with E-state index in [1.807, 2.05) is 80.7 Å². The number of Topliss-reactive ketones (excluding diaryl/α,β-unsaturated/α-hetero) is 1. The van der Waals surface area contributed by atoms with Gasteiger partial charge >= 0.3 is 0 Å². The van der Waals surface area contributed by atoms with E-state index in [0.717, 1.165) is 39.8 Å². The number of carbonyl (C=O) groups excluding carboxylic acids is 2. The predicted octanol–water partition coefficient (Wildman–Crippen LogP) is 5.43. The van der Waals surface area contributed by atoms with Gasteiger partial charge in [-0.15, -0.1) is 0 Å². The maximum atomic E-state index is 13.5. The molecular weight excluding hydrogens is 440 g/mol. The van der Waals surface area contributed by atoms with Crippen molar-refractivity contribution in [3.63, 3.8) is 0 Å². The Labute approximate surface area is 202 Å². The lowest BCUT2D eigenvalue weighted by molar-refractivity contribution is -0.132. The van der Waals surface area contributed by atoms with Crippen molar-refractivity contribution in [2.45, 2.75) is 32.4 Å². The number of aliphatic hydroxyl groups is 1. The zero-order valence-corrected chi connectivity index (χ0v) is 19.4. The number of rotatable bonds is 3. The van der Waals surface area contributed by atoms with Gasteiger partial charge < -0.3 is 14.8 Å². The SMILES string of the molecule is Cc1cccc(N2C(=O)C(=O)/C(=C(/O)c3ccc4c(c3)CC(C)O4)C2c2c[nH]c3ccccc23)c1. The molecule has 3 heterocycles. The van der Waals surface area contributed by atoms with Gasteiger partial charge in [0.25, 0.3) is 11.7 Å². The number of ether oxygens (including phenoxy) is 1. The topological polar surface area (TPSA) is 82.6 Å². The van der Waals surface area contributed by atoms with Crippen LogP contribution in [-0.4, -0.2) is 27.9 Å². The molecule has 0 spiro atoms. The van der Waals surface area contributed by atoms with E-state index in [4.69, 9.17) is 4.74 Å². The number of aryl methyl sites for hydroxylation is 1. The number of amides is 1. The second-order valence-corrected chi connectivity index (χ2v) is 9.25. The molecule has 6 rings (SSSR count). The van der Waals surface area contributed by atoms with Crippen LogP contribution in [0.5, 0.6) is 5.75 Å². The van der Waals surface area contributed by atoms with Gasteiger partial charge in [-0.25, -0.2) is 0 Å². The Balaban J connectivity index is 1.58. The minimum Gasteiger partial charge on any atom is -0.507 e. The molecule has 2 aliphatic rings. The van der Waals surface area contributed by atoms with Crippen molar-refractivity contribution < 1.29 is 19.4 Å². The fourth-order valence-corrected chi connectivity index (χ4v) is 5.22. The summed E-state index contributed by atoms with van der Waals surface area (Å²) < 4.78 is 5.79. The van der Waals surface area contributed by atoms with E-state index >= 15 is 0 Å². The molecule has 2 atom stereocenters. The first-order valence-corrected chi connectivity index (χ1v) is 11.7. The molecule has 0 radical (unpaired) electrons. The van der Waals surface area contributed by atoms with Crippen molar-refractivity contribution >= 4 is 34.0 Å². The molecule has 2 aliphatic heterocycles. The second-order valence-electron chi connectivity index (χ2n) is 9.25. The number of benzene rings is 3. The second kappa shape index (κ2) is 7.87. The molecule has 0 bridgehead atoms. The van der Waals surface area contributed by atoms with E-state index in [0.29, 0.717) is 11.3 Å². The molecule has 2 N–H and O–H groups in total. The Bertz CT molecular complexity index is 1550. The lowest BCUT2D eigenvalue weighted by Crippen LogP contribution is -2.29. The summed E-state index contributed by atoms with van der Waals surface area (Å²) in [5.41, 5.74) is 4.76. The highest BCUT2D eigenvalue weighted by Gasteiger charge is 2.47. The minimum atomic E-state index is -0.781. The van der Waals surface area contributed by atoms with Crippen LogP contribution >= 0.6 is 0 Å². The lowest BCUT2D eigenvalue weighted by Gasteiger charge is -2.25. The Morgan fingerprint density at radius 2 is 1.89 bits per heavy atom. The van der Waals surface area contributed by atoms with Gasteiger partial charge in [-0.2, -0.15) is 0 Å². The molecule has 35 heavy (non-hydrogen) atoms. The third-order valence-electron chi connectivity index (χ3n) is 6.81. The van der Waals surface area contributed by atoms with Crippen LogP contribution in [0.25, 0.3) is 16.7 Å². The van der Waals surface area contributed by atoms with Gasteiger partial charge in [-0.3, -0.25) is 14.5 Å². The quantitative estimate of drug-likeness (QED) is 0.241. The average Bonchev–Trinajstić information content (AvgIpc) is 3.51. The van der Waals surface area contributed by atoms with Gasteiger partial charge in [0.05, 0.1) is 11.6 Å². The molecule has 1 fully saturated rings. The summed E-state index contributed by atoms with van der Waals surface area (Å²) in [5.74, 6) is -0.770. The third kappa shape index (κ3) is 3.33. The largest absolute Gasteiger partial charge is 0.507 e. The van der Waals surface area contributed by atoms with Crippen molar-refractivity contribution in [2.75, 3.05) is 4.90 Å². The summed E-state index contributed by atoms with van der Waals surface area (Å²) in [6.45, 7) is 3.93. The Hall–Kier alpha value is -4.32. The van der Waals surface area contributed by atoms with Crippen LogP contribution in [0.3, 0.4) is 0 Å². The zero-order valence-electron chi connectivity index (χ0n) is 19.4. The normalized spacial score (nSPS) is 20.9. The van der Waals surface area contributed by atoms with Crippen molar-refractivity contribution in [1.29, 1.82) is 0 Å². The van der Waals surface area contributed by atoms with Crippen molar-refractivity contribution in [3.8, 4) is 5.75 Å². The number of nitrogens with zero attached hydrogens (tertiary/aromatic N) is 1. The number of aliphatic hydroxyl groups excluding tert-OH is 1. The fourth-order valence-electron chi connectivity index (χ4n) is 5.22. The number of fused-ring (bicyclic) bond motifs is 2. The van der Waals surface area contributed by atoms with E-state index in [2.05, 4.69) is 4.98 Å². The number of para-hydroxylation sites is 1. The molecule has 1 amide bonds. The highest BCUT2D eigenvalue weighted by molar-refractivity contribution is 6.51. The van der Waals surface area contributed by atoms with Gasteiger partial charge in [-0.1, -0.05) is 30.3 Å². The zero-order chi connectivity index (χ0) is 24.3. The van der Waals surface area contributed by atoms with Crippen LogP contribution in [0.1, 0.15) is 35.2 Å². The van der Waals surface area contributed by atoms with Crippen LogP contribution in [0.2, 0.25) is 0 Å². The summed E-state index contributed by atoms with van der Waals surface area (Å²) in [6, 6.07) is 19.8. The number of carbonyl (C=O) groups is 2. The number of ketones is 1. The molecule has 0 saturated carbocycles. The predicted molar refractivity (Wildman–Crippen MR) is 134 cm³/mol. The first-order valence-electron chi connectivity index (χ1n) is 11.7. The Morgan fingerprint density at radius 3 is 2.71 bits per heavy atom. The first kappa shape index (κ1) is 21.2. The number of aromatic amines is 1. The average molecular weight is 465 g/mol. The van der Waals surface area contributed by atoms with Gasteiger partial charge in [-0.05, 0) is 61.4 Å². The van der Waals surface area contributed by atoms with Crippen LogP contribution in [0.4, 0.5) is 5.69 Å². The highest BCUT2D eigenvalue weighted by atomic mass is 16.5. The van der Waals surface area contributed by atoms with Crippen LogP contribution in [0.15, 0.2) is 78.5 Å². The minimum absolute atomic E-state index is 0.0560. The number of H-pyrrole nitrogens is 1. The van der Waals surface area contributed by atoms with Crippen LogP contribution in [0, 0.1) is 6.92 Å². The van der Waals surface area contributed by atoms with Gasteiger partial charge in [0.1, 0.15) is 17.6 Å². The Kier molecular flexibility index (Phi) is 4.78. The number of aromatic nitrogens is 1. The van der Waals surface area contributed by atoms with Crippen LogP contribution < -0.4 is 9.64 Å². The molecule has 6 heteroatoms. The van der Waals surface area contributed by atoms with Crippen molar-refractivity contribution in [2.24, 2.45) is 0 Å². The van der Waals surface area contributed by atoms with Gasteiger partial charge in [0.15, 0.2) is 0 Å². The lowest BCUT2D eigenvalue weighted by atomic mass is 9.94. The fraction of sp³-hybridized carbons (Fsp3) is 0.172. The summed E-state index contributed by atoms with van der Waals surface area (Å²) in [5, 5.41) is 12.4. The maximum Gasteiger partial charge on any atom is 0.300 e. The molecule has 6 nitrogen and oxygen atoms in total. The van der Waals surface area contributed by atoms with Crippen molar-refractivity contribution in [3.05, 3.63) is 101 Å². The molecule has 174 valence electrons. The molecule has 3 aromatic carbocycles. The van der Waals surface area contributed by atoms with Gasteiger partial charge in [0.2, 0.25) is 0 Å². The van der Waals surface area contributed by atoms with E-state index in [-0.39, 0.29) is 17.4 Å². The van der Waals surface area contributed by atoms with Gasteiger partial charge in [0, 0.05) is 40.3 Å². The number of nitrogens with one attached hydrogen (secondary N) is 1. The summed E-state index contributed by atoms with van der Waals surface area (Å²) in [7, 11) is 0. The third-order valence-corrected chi connectivity index (χ3v) is 6.81. The molecule has 0 aliphatic carbocycles. The molecule has 1 aromatic heterocycles. The Morgan fingerprint density at radius 1 is 1.06 bits per heavy atom. The monoisotopic (exact) mass is 464 g/mol. The highest BCUT2D eigenvalue weighted by Crippen LogP contribution is 2.44. The number of hydrogen-bond donors (Lipinski definition) is 2. The molecule has 4 aromatic rings. The molecule has 2 unspecified atom stereocenters. The molecular formula is C29H24N2O4. The van der Waals surface area contributed by atoms with Crippen molar-refractivity contribution in [1.82, 2.24) is 4.98 Å². The molecule has 1 saturated heterocycles. The standard InChI is InChI=1S/C29H24N2O4/c1-16-6-5-7-20(12-16)31-26(22-15-30-23-9-4-3-8-21(22)23)25(28(33)29(31)34)27(32)18-10-11-24-19(14-18)13-17(2)35-24/h3-12,14-15,17,26,30,32H,13H2,1-2H3/b27-25+. The summed E-state index contributed by atoms with van der Waals surface area (Å²) in [4.78, 5) is 31.6. The summed E-state index contributed by atoms with van der Waals surface area (Å²) in [6.07, 6.45) is 2.59. The first-order chi connectivity index (χ1) is 16.9. The van der Waals surface area contributed by atoms with Crippen LogP contribution in [-0.2, 0) is 16.0 Å². The maximum absolute atomic E-state index is 13.5. The van der Waals surface area contributed by atoms with E-state index in [1.54, 1.807) is 6.07 Å². The van der Waals surface area contributed by atoms with E-state index in [9.17, 15) is 14.7 Å². The van der Waals surface area contributed by atoms with E-state index in [1.165, 1.54) is 4.90 Å².